The predicted molar refractivity (Wildman–Crippen MR) is 94.0 cm³/mol. The number of amides is 1. The van der Waals surface area contributed by atoms with Crippen molar-refractivity contribution in [1.82, 2.24) is 4.57 Å². The van der Waals surface area contributed by atoms with Crippen molar-refractivity contribution in [2.75, 3.05) is 6.61 Å². The number of nitrogens with zero attached hydrogens (tertiary/aromatic N) is 1. The summed E-state index contributed by atoms with van der Waals surface area (Å²) in [7, 11) is 0. The minimum absolute atomic E-state index is 0.143. The molecule has 2 rings (SSSR count). The summed E-state index contributed by atoms with van der Waals surface area (Å²) in [5.74, 6) is -0.542. The third kappa shape index (κ3) is 3.79. The van der Waals surface area contributed by atoms with Crippen LogP contribution < -0.4 is 10.5 Å². The lowest BCUT2D eigenvalue weighted by molar-refractivity contribution is 0.0911. The lowest BCUT2D eigenvalue weighted by Gasteiger charge is -2.10. The van der Waals surface area contributed by atoms with Gasteiger partial charge in [0.2, 0.25) is 5.78 Å². The summed E-state index contributed by atoms with van der Waals surface area (Å²) in [5, 5.41) is 0.380. The van der Waals surface area contributed by atoms with E-state index in [2.05, 4.69) is 11.5 Å². The van der Waals surface area contributed by atoms with Crippen LogP contribution in [-0.4, -0.2) is 22.9 Å². The van der Waals surface area contributed by atoms with Gasteiger partial charge < -0.3 is 15.0 Å². The molecule has 2 N–H and O–H groups in total. The highest BCUT2D eigenvalue weighted by molar-refractivity contribution is 6.31. The van der Waals surface area contributed by atoms with E-state index in [-0.39, 0.29) is 23.7 Å². The molecule has 24 heavy (non-hydrogen) atoms. The zero-order chi connectivity index (χ0) is 17.9. The van der Waals surface area contributed by atoms with Crippen LogP contribution in [0.1, 0.15) is 45.4 Å². The molecule has 1 heterocycles. The molecular formula is C18H21ClN2O3. The van der Waals surface area contributed by atoms with Crippen molar-refractivity contribution in [3.63, 3.8) is 0 Å². The molecule has 1 aromatic carbocycles. The van der Waals surface area contributed by atoms with Gasteiger partial charge in [-0.15, -0.1) is 0 Å². The van der Waals surface area contributed by atoms with E-state index >= 15 is 0 Å². The van der Waals surface area contributed by atoms with Crippen molar-refractivity contribution >= 4 is 23.3 Å². The molecule has 0 bridgehead atoms. The Balaban J connectivity index is 2.17. The number of rotatable bonds is 7. The molecule has 1 aromatic heterocycles. The Hall–Kier alpha value is -2.27. The molecule has 1 amide bonds. The molecule has 0 aliphatic rings. The van der Waals surface area contributed by atoms with Gasteiger partial charge in [0, 0.05) is 28.5 Å². The van der Waals surface area contributed by atoms with E-state index in [9.17, 15) is 9.59 Å². The van der Waals surface area contributed by atoms with Gasteiger partial charge in [-0.1, -0.05) is 18.5 Å². The van der Waals surface area contributed by atoms with Gasteiger partial charge in [-0.2, -0.15) is 0 Å². The van der Waals surface area contributed by atoms with Crippen LogP contribution in [0.25, 0.3) is 0 Å². The largest absolute Gasteiger partial charge is 0.485 e. The zero-order valence-corrected chi connectivity index (χ0v) is 14.8. The first-order chi connectivity index (χ1) is 11.3. The average Bonchev–Trinajstić information content (AvgIpc) is 2.82. The number of halogens is 1. The highest BCUT2D eigenvalue weighted by Gasteiger charge is 2.17. The van der Waals surface area contributed by atoms with Crippen molar-refractivity contribution in [3.8, 4) is 5.75 Å². The highest BCUT2D eigenvalue weighted by Crippen LogP contribution is 2.23. The van der Waals surface area contributed by atoms with E-state index < -0.39 is 5.91 Å². The Morgan fingerprint density at radius 3 is 2.54 bits per heavy atom. The van der Waals surface area contributed by atoms with Crippen molar-refractivity contribution in [2.45, 2.75) is 33.7 Å². The first-order valence-corrected chi connectivity index (χ1v) is 8.15. The molecular weight excluding hydrogens is 328 g/mol. The van der Waals surface area contributed by atoms with E-state index in [1.165, 1.54) is 12.1 Å². The number of carbonyl (C=O) groups excluding carboxylic acids is 2. The average molecular weight is 349 g/mol. The second-order valence-corrected chi connectivity index (χ2v) is 6.09. The molecule has 0 fully saturated rings. The van der Waals surface area contributed by atoms with E-state index in [0.717, 1.165) is 24.4 Å². The van der Waals surface area contributed by atoms with Gasteiger partial charge in [-0.3, -0.25) is 9.59 Å². The fraction of sp³-hybridized carbons (Fsp3) is 0.333. The molecule has 0 radical (unpaired) electrons. The number of carbonyl (C=O) groups is 2. The molecule has 6 heteroatoms. The lowest BCUT2D eigenvalue weighted by Crippen LogP contribution is -2.17. The number of hydrogen-bond acceptors (Lipinski definition) is 3. The van der Waals surface area contributed by atoms with Crippen LogP contribution in [0.5, 0.6) is 5.75 Å². The molecule has 5 nitrogen and oxygen atoms in total. The van der Waals surface area contributed by atoms with Crippen LogP contribution >= 0.6 is 11.6 Å². The molecule has 0 saturated carbocycles. The van der Waals surface area contributed by atoms with Gasteiger partial charge in [-0.05, 0) is 44.5 Å². The number of nitrogens with two attached hydrogens (primary N) is 1. The Kier molecular flexibility index (Phi) is 5.67. The maximum Gasteiger partial charge on any atom is 0.252 e. The monoisotopic (exact) mass is 348 g/mol. The summed E-state index contributed by atoms with van der Waals surface area (Å²) >= 11 is 5.86. The number of hydrogen-bond donors (Lipinski definition) is 1. The second kappa shape index (κ2) is 7.53. The second-order valence-electron chi connectivity index (χ2n) is 5.65. The summed E-state index contributed by atoms with van der Waals surface area (Å²) in [6.07, 6.45) is 0.993. The first-order valence-electron chi connectivity index (χ1n) is 7.77. The van der Waals surface area contributed by atoms with Crippen molar-refractivity contribution < 1.29 is 14.3 Å². The van der Waals surface area contributed by atoms with Crippen LogP contribution in [0.3, 0.4) is 0 Å². The lowest BCUT2D eigenvalue weighted by atomic mass is 10.1. The smallest absolute Gasteiger partial charge is 0.252 e. The minimum atomic E-state index is -0.652. The van der Waals surface area contributed by atoms with Crippen LogP contribution in [0.2, 0.25) is 5.02 Å². The minimum Gasteiger partial charge on any atom is -0.485 e. The third-order valence-electron chi connectivity index (χ3n) is 3.89. The summed E-state index contributed by atoms with van der Waals surface area (Å²) < 4.78 is 7.63. The zero-order valence-electron chi connectivity index (χ0n) is 14.1. The van der Waals surface area contributed by atoms with E-state index in [1.54, 1.807) is 6.07 Å². The van der Waals surface area contributed by atoms with Crippen molar-refractivity contribution in [1.29, 1.82) is 0 Å². The number of Topliss-reactive ketones (excluding diaryl/α,β-unsaturated/α-hetero) is 1. The molecule has 2 aromatic rings. The van der Waals surface area contributed by atoms with Gasteiger partial charge in [0.05, 0.1) is 5.56 Å². The molecule has 0 unspecified atom stereocenters. The van der Waals surface area contributed by atoms with Crippen molar-refractivity contribution in [3.05, 3.63) is 51.8 Å². The van der Waals surface area contributed by atoms with Crippen LogP contribution in [-0.2, 0) is 6.54 Å². The van der Waals surface area contributed by atoms with Gasteiger partial charge in [-0.25, -0.2) is 0 Å². The molecule has 0 saturated heterocycles. The normalized spacial score (nSPS) is 10.7. The molecule has 0 spiro atoms. The SMILES string of the molecule is CCCn1c(C)cc(C(=O)COc2ccc(Cl)cc2C(N)=O)c1C. The van der Waals surface area contributed by atoms with Gasteiger partial charge in [0.25, 0.3) is 5.91 Å². The Morgan fingerprint density at radius 2 is 1.92 bits per heavy atom. The number of ether oxygens (including phenoxy) is 1. The van der Waals surface area contributed by atoms with E-state index in [0.29, 0.717) is 10.6 Å². The van der Waals surface area contributed by atoms with Crippen LogP contribution in [0, 0.1) is 13.8 Å². The number of benzene rings is 1. The third-order valence-corrected chi connectivity index (χ3v) is 4.12. The fourth-order valence-electron chi connectivity index (χ4n) is 2.69. The summed E-state index contributed by atoms with van der Waals surface area (Å²) in [5.41, 5.74) is 8.08. The molecule has 0 atom stereocenters. The van der Waals surface area contributed by atoms with Gasteiger partial charge in [0.1, 0.15) is 5.75 Å². The van der Waals surface area contributed by atoms with Crippen molar-refractivity contribution in [2.24, 2.45) is 5.73 Å². The maximum atomic E-state index is 12.5. The summed E-state index contributed by atoms with van der Waals surface area (Å²) in [4.78, 5) is 23.9. The van der Waals surface area contributed by atoms with Gasteiger partial charge >= 0.3 is 0 Å². The maximum absolute atomic E-state index is 12.5. The molecule has 0 aliphatic carbocycles. The Bertz CT molecular complexity index is 781. The summed E-state index contributed by atoms with van der Waals surface area (Å²) in [6.45, 7) is 6.69. The van der Waals surface area contributed by atoms with Gasteiger partial charge in [0.15, 0.2) is 6.61 Å². The number of aryl methyl sites for hydroxylation is 1. The predicted octanol–water partition coefficient (Wildman–Crippen LogP) is 3.53. The van der Waals surface area contributed by atoms with E-state index in [1.807, 2.05) is 19.9 Å². The molecule has 128 valence electrons. The molecule has 0 aliphatic heterocycles. The fourth-order valence-corrected chi connectivity index (χ4v) is 2.86. The number of ketones is 1. The van der Waals surface area contributed by atoms with Crippen LogP contribution in [0.15, 0.2) is 24.3 Å². The first kappa shape index (κ1) is 18.1. The quantitative estimate of drug-likeness (QED) is 0.778. The van der Waals surface area contributed by atoms with Crippen LogP contribution in [0.4, 0.5) is 0 Å². The van der Waals surface area contributed by atoms with E-state index in [4.69, 9.17) is 22.1 Å². The number of aromatic nitrogens is 1. The Labute approximate surface area is 146 Å². The summed E-state index contributed by atoms with van der Waals surface area (Å²) in [6, 6.07) is 6.42. The topological polar surface area (TPSA) is 74.3 Å². The Morgan fingerprint density at radius 1 is 1.21 bits per heavy atom. The number of primary amides is 1. The standard InChI is InChI=1S/C18H21ClN2O3/c1-4-7-21-11(2)8-14(12(21)3)16(22)10-24-17-6-5-13(19)9-15(17)18(20)23/h5-6,8-9H,4,7,10H2,1-3H3,(H2,20,23). The highest BCUT2D eigenvalue weighted by atomic mass is 35.5.